The molecule has 0 aromatic heterocycles. The molecule has 0 saturated carbocycles. The Hall–Kier alpha value is -2.78. The third-order valence-corrected chi connectivity index (χ3v) is 3.77. The van der Waals surface area contributed by atoms with Crippen molar-refractivity contribution in [2.45, 2.75) is 0 Å². The molecule has 24 heavy (non-hydrogen) atoms. The molecule has 0 heterocycles. The maximum absolute atomic E-state index is 13.8. The zero-order valence-corrected chi connectivity index (χ0v) is 13.5. The number of hydrogen-bond acceptors (Lipinski definition) is 2. The largest absolute Gasteiger partial charge is 0.206 e. The molecule has 0 N–H and O–H groups in total. The molecule has 0 bridgehead atoms. The van der Waals surface area contributed by atoms with Crippen molar-refractivity contribution in [1.82, 2.24) is 0 Å². The molecule has 118 valence electrons. The molecule has 0 spiro atoms. The summed E-state index contributed by atoms with van der Waals surface area (Å²) in [6.45, 7) is 0. The number of halogens is 2. The summed E-state index contributed by atoms with van der Waals surface area (Å²) in [5.74, 6) is -0.428. The molecule has 3 rings (SSSR count). The molecule has 2 nitrogen and oxygen atoms in total. The van der Waals surface area contributed by atoms with Gasteiger partial charge in [-0.3, -0.25) is 0 Å². The number of nitrogens with zero attached hydrogens (tertiary/aromatic N) is 2. The first kappa shape index (κ1) is 16.1. The molecule has 0 aliphatic rings. The van der Waals surface area contributed by atoms with Gasteiger partial charge in [0.15, 0.2) is 0 Å². The van der Waals surface area contributed by atoms with Crippen LogP contribution in [0.2, 0.25) is 5.02 Å². The quantitative estimate of drug-likeness (QED) is 0.453. The van der Waals surface area contributed by atoms with Crippen molar-refractivity contribution < 1.29 is 4.39 Å². The monoisotopic (exact) mass is 336 g/mol. The van der Waals surface area contributed by atoms with Crippen molar-refractivity contribution in [2.75, 3.05) is 0 Å². The fourth-order valence-corrected chi connectivity index (χ4v) is 2.46. The van der Waals surface area contributed by atoms with Crippen LogP contribution in [0.3, 0.4) is 0 Å². The highest BCUT2D eigenvalue weighted by molar-refractivity contribution is 6.33. The summed E-state index contributed by atoms with van der Waals surface area (Å²) in [4.78, 5) is 0. The second-order valence-corrected chi connectivity index (χ2v) is 5.47. The molecule has 0 unspecified atom stereocenters. The van der Waals surface area contributed by atoms with Crippen LogP contribution in [0.25, 0.3) is 0 Å². The average molecular weight is 337 g/mol. The van der Waals surface area contributed by atoms with Crippen LogP contribution < -0.4 is 0 Å². The zero-order valence-electron chi connectivity index (χ0n) is 12.7. The lowest BCUT2D eigenvalue weighted by molar-refractivity contribution is 0.626. The van der Waals surface area contributed by atoms with Crippen LogP contribution in [-0.4, -0.2) is 11.9 Å². The minimum atomic E-state index is -0.428. The topological polar surface area (TPSA) is 24.7 Å². The lowest BCUT2D eigenvalue weighted by Gasteiger charge is -2.05. The van der Waals surface area contributed by atoms with Crippen LogP contribution in [0.5, 0.6) is 0 Å². The summed E-state index contributed by atoms with van der Waals surface area (Å²) < 4.78 is 13.8. The first-order valence-electron chi connectivity index (χ1n) is 7.41. The second-order valence-electron chi connectivity index (χ2n) is 5.06. The van der Waals surface area contributed by atoms with Gasteiger partial charge in [-0.15, -0.1) is 5.10 Å². The van der Waals surface area contributed by atoms with Crippen molar-refractivity contribution in [1.29, 1.82) is 0 Å². The molecular weight excluding hydrogens is 323 g/mol. The van der Waals surface area contributed by atoms with Crippen molar-refractivity contribution in [2.24, 2.45) is 10.2 Å². The van der Waals surface area contributed by atoms with Crippen molar-refractivity contribution in [3.63, 3.8) is 0 Å². The standard InChI is InChI=1S/C20H14ClFN2/c21-18-12-7-13-19(22)17(18)14-23-24-20(15-8-3-1-4-9-15)16-10-5-2-6-11-16/h1-14H. The minimum Gasteiger partial charge on any atom is -0.206 e. The summed E-state index contributed by atoms with van der Waals surface area (Å²) in [5, 5.41) is 8.66. The molecule has 0 aliphatic carbocycles. The third-order valence-electron chi connectivity index (χ3n) is 3.44. The van der Waals surface area contributed by atoms with Crippen molar-refractivity contribution >= 4 is 23.5 Å². The van der Waals surface area contributed by atoms with Crippen molar-refractivity contribution in [3.05, 3.63) is 106 Å². The highest BCUT2D eigenvalue weighted by atomic mass is 35.5. The van der Waals surface area contributed by atoms with Gasteiger partial charge in [-0.25, -0.2) is 4.39 Å². The van der Waals surface area contributed by atoms with E-state index in [0.29, 0.717) is 10.7 Å². The van der Waals surface area contributed by atoms with E-state index in [4.69, 9.17) is 11.6 Å². The van der Waals surface area contributed by atoms with Crippen molar-refractivity contribution in [3.8, 4) is 0 Å². The van der Waals surface area contributed by atoms with Gasteiger partial charge in [0.1, 0.15) is 11.5 Å². The van der Waals surface area contributed by atoms with E-state index in [0.717, 1.165) is 11.1 Å². The van der Waals surface area contributed by atoms with Gasteiger partial charge in [-0.2, -0.15) is 5.10 Å². The summed E-state index contributed by atoms with van der Waals surface area (Å²) in [7, 11) is 0. The van der Waals surface area contributed by atoms with Gasteiger partial charge in [-0.1, -0.05) is 78.3 Å². The Bertz CT molecular complexity index is 813. The van der Waals surface area contributed by atoms with Crippen LogP contribution >= 0.6 is 11.6 Å². The average Bonchev–Trinajstić information content (AvgIpc) is 2.62. The Morgan fingerprint density at radius 2 is 1.38 bits per heavy atom. The van der Waals surface area contributed by atoms with E-state index >= 15 is 0 Å². The van der Waals surface area contributed by atoms with Gasteiger partial charge < -0.3 is 0 Å². The van der Waals surface area contributed by atoms with E-state index < -0.39 is 5.82 Å². The van der Waals surface area contributed by atoms with Gasteiger partial charge in [0.05, 0.1) is 11.2 Å². The summed E-state index contributed by atoms with van der Waals surface area (Å²) in [6.07, 6.45) is 1.34. The molecule has 4 heteroatoms. The number of rotatable bonds is 4. The molecule has 0 radical (unpaired) electrons. The number of benzene rings is 3. The van der Waals surface area contributed by atoms with Gasteiger partial charge in [0, 0.05) is 16.7 Å². The Kier molecular flexibility index (Phi) is 5.14. The lowest BCUT2D eigenvalue weighted by atomic mass is 10.0. The fraction of sp³-hybridized carbons (Fsp3) is 0. The Morgan fingerprint density at radius 3 is 1.92 bits per heavy atom. The molecule has 0 atom stereocenters. The van der Waals surface area contributed by atoms with Crippen LogP contribution in [0.1, 0.15) is 16.7 Å². The maximum Gasteiger partial charge on any atom is 0.133 e. The second kappa shape index (κ2) is 7.66. The van der Waals surface area contributed by atoms with Gasteiger partial charge in [0.25, 0.3) is 0 Å². The van der Waals surface area contributed by atoms with Gasteiger partial charge >= 0.3 is 0 Å². The predicted molar refractivity (Wildman–Crippen MR) is 97.5 cm³/mol. The van der Waals surface area contributed by atoms with Crippen LogP contribution in [-0.2, 0) is 0 Å². The smallest absolute Gasteiger partial charge is 0.133 e. The number of hydrogen-bond donors (Lipinski definition) is 0. The SMILES string of the molecule is Fc1cccc(Cl)c1C=NN=C(c1ccccc1)c1ccccc1. The summed E-state index contributed by atoms with van der Waals surface area (Å²) in [6, 6.07) is 24.0. The molecule has 3 aromatic carbocycles. The molecule has 0 saturated heterocycles. The Morgan fingerprint density at radius 1 is 0.792 bits per heavy atom. The highest BCUT2D eigenvalue weighted by Crippen LogP contribution is 2.17. The Labute approximate surface area is 145 Å². The lowest BCUT2D eigenvalue weighted by Crippen LogP contribution is -2.02. The van der Waals surface area contributed by atoms with Crippen LogP contribution in [0.15, 0.2) is 89.1 Å². The van der Waals surface area contributed by atoms with E-state index in [9.17, 15) is 4.39 Å². The Balaban J connectivity index is 2.00. The zero-order chi connectivity index (χ0) is 16.8. The molecule has 0 amide bonds. The molecule has 0 aliphatic heterocycles. The van der Waals surface area contributed by atoms with E-state index in [1.54, 1.807) is 12.1 Å². The van der Waals surface area contributed by atoms with E-state index in [1.807, 2.05) is 60.7 Å². The normalized spacial score (nSPS) is 10.8. The summed E-state index contributed by atoms with van der Waals surface area (Å²) in [5.41, 5.74) is 2.80. The van der Waals surface area contributed by atoms with Gasteiger partial charge in [0.2, 0.25) is 0 Å². The van der Waals surface area contributed by atoms with Crippen LogP contribution in [0, 0.1) is 5.82 Å². The molecule has 3 aromatic rings. The molecular formula is C20H14ClFN2. The predicted octanol–water partition coefficient (Wildman–Crippen LogP) is 5.35. The fourth-order valence-electron chi connectivity index (χ4n) is 2.25. The van der Waals surface area contributed by atoms with E-state index in [1.165, 1.54) is 12.3 Å². The first-order chi connectivity index (χ1) is 11.8. The van der Waals surface area contributed by atoms with E-state index in [-0.39, 0.29) is 5.56 Å². The van der Waals surface area contributed by atoms with Gasteiger partial charge in [-0.05, 0) is 12.1 Å². The first-order valence-corrected chi connectivity index (χ1v) is 7.79. The third kappa shape index (κ3) is 3.76. The highest BCUT2D eigenvalue weighted by Gasteiger charge is 2.07. The van der Waals surface area contributed by atoms with E-state index in [2.05, 4.69) is 10.2 Å². The van der Waals surface area contributed by atoms with Crippen LogP contribution in [0.4, 0.5) is 4.39 Å². The minimum absolute atomic E-state index is 0.225. The molecule has 0 fully saturated rings. The maximum atomic E-state index is 13.8. The summed E-state index contributed by atoms with van der Waals surface area (Å²) >= 11 is 6.00.